The van der Waals surface area contributed by atoms with Crippen LogP contribution in [-0.2, 0) is 6.42 Å². The summed E-state index contributed by atoms with van der Waals surface area (Å²) in [7, 11) is 1.65. The second-order valence-corrected chi connectivity index (χ2v) is 7.52. The zero-order valence-corrected chi connectivity index (χ0v) is 15.8. The number of thiophene rings is 1. The summed E-state index contributed by atoms with van der Waals surface area (Å²) in [6, 6.07) is 11.9. The fourth-order valence-electron chi connectivity index (χ4n) is 2.73. The molecule has 3 heterocycles. The first-order chi connectivity index (χ1) is 12.7. The molecule has 5 nitrogen and oxygen atoms in total. The zero-order valence-electron chi connectivity index (χ0n) is 14.1. The maximum atomic E-state index is 12.6. The fourth-order valence-corrected chi connectivity index (χ4v) is 4.26. The van der Waals surface area contributed by atoms with Gasteiger partial charge < -0.3 is 10.1 Å². The van der Waals surface area contributed by atoms with Crippen LogP contribution >= 0.6 is 22.7 Å². The van der Waals surface area contributed by atoms with E-state index >= 15 is 0 Å². The number of hydrogen-bond acceptors (Lipinski definition) is 5. The maximum absolute atomic E-state index is 12.6. The summed E-state index contributed by atoms with van der Waals surface area (Å²) < 4.78 is 7.09. The molecule has 132 valence electrons. The molecule has 0 atom stereocenters. The van der Waals surface area contributed by atoms with Crippen LogP contribution in [0.25, 0.3) is 15.5 Å². The minimum atomic E-state index is -0.0886. The van der Waals surface area contributed by atoms with Crippen LogP contribution < -0.4 is 10.1 Å². The molecule has 0 aliphatic rings. The van der Waals surface area contributed by atoms with E-state index in [-0.39, 0.29) is 5.91 Å². The van der Waals surface area contributed by atoms with Crippen molar-refractivity contribution < 1.29 is 9.53 Å². The second-order valence-electron chi connectivity index (χ2n) is 5.73. The Morgan fingerprint density at radius 2 is 2.19 bits per heavy atom. The van der Waals surface area contributed by atoms with E-state index in [2.05, 4.69) is 10.3 Å². The molecule has 0 spiro atoms. The molecule has 1 N–H and O–H groups in total. The van der Waals surface area contributed by atoms with E-state index in [1.165, 1.54) is 11.3 Å². The number of amides is 1. The number of nitrogens with one attached hydrogen (secondary N) is 1. The number of ether oxygens (including phenoxy) is 1. The number of benzene rings is 1. The van der Waals surface area contributed by atoms with E-state index in [1.54, 1.807) is 18.4 Å². The van der Waals surface area contributed by atoms with Gasteiger partial charge in [-0.15, -0.1) is 22.7 Å². The third kappa shape index (κ3) is 3.36. The van der Waals surface area contributed by atoms with Crippen LogP contribution in [0.2, 0.25) is 0 Å². The van der Waals surface area contributed by atoms with E-state index in [9.17, 15) is 4.79 Å². The average Bonchev–Trinajstić information content (AvgIpc) is 3.37. The number of nitrogens with zero attached hydrogens (tertiary/aromatic N) is 2. The van der Waals surface area contributed by atoms with E-state index in [0.717, 1.165) is 33.3 Å². The molecular weight excluding hydrogens is 366 g/mol. The Kier molecular flexibility index (Phi) is 4.73. The first-order valence-electron chi connectivity index (χ1n) is 8.16. The lowest BCUT2D eigenvalue weighted by atomic mass is 10.1. The van der Waals surface area contributed by atoms with Crippen molar-refractivity contribution in [1.82, 2.24) is 14.7 Å². The van der Waals surface area contributed by atoms with E-state index in [0.29, 0.717) is 12.2 Å². The van der Waals surface area contributed by atoms with Crippen LogP contribution in [0.1, 0.15) is 16.1 Å². The molecule has 0 bridgehead atoms. The molecule has 0 aliphatic heterocycles. The molecule has 4 aromatic rings. The quantitative estimate of drug-likeness (QED) is 0.545. The Morgan fingerprint density at radius 3 is 3.00 bits per heavy atom. The van der Waals surface area contributed by atoms with Crippen molar-refractivity contribution in [2.45, 2.75) is 6.42 Å². The van der Waals surface area contributed by atoms with Gasteiger partial charge in [-0.3, -0.25) is 9.20 Å². The summed E-state index contributed by atoms with van der Waals surface area (Å²) in [5.41, 5.74) is 2.64. The van der Waals surface area contributed by atoms with E-state index < -0.39 is 0 Å². The van der Waals surface area contributed by atoms with Gasteiger partial charge in [0.2, 0.25) is 0 Å². The number of carbonyl (C=O) groups is 1. The predicted octanol–water partition coefficient (Wildman–Crippen LogP) is 4.11. The number of methoxy groups -OCH3 is 1. The molecule has 0 unspecified atom stereocenters. The largest absolute Gasteiger partial charge is 0.497 e. The Morgan fingerprint density at radius 1 is 1.27 bits per heavy atom. The lowest BCUT2D eigenvalue weighted by Crippen LogP contribution is -2.26. The third-order valence-electron chi connectivity index (χ3n) is 4.05. The molecule has 0 saturated carbocycles. The molecule has 0 saturated heterocycles. The molecule has 3 aromatic heterocycles. The van der Waals surface area contributed by atoms with Crippen LogP contribution in [0.15, 0.2) is 53.4 Å². The van der Waals surface area contributed by atoms with Crippen molar-refractivity contribution in [2.75, 3.05) is 13.7 Å². The van der Waals surface area contributed by atoms with Gasteiger partial charge >= 0.3 is 0 Å². The van der Waals surface area contributed by atoms with Gasteiger partial charge in [0.25, 0.3) is 5.91 Å². The highest BCUT2D eigenvalue weighted by Crippen LogP contribution is 2.26. The number of fused-ring (bicyclic) bond motifs is 1. The minimum absolute atomic E-state index is 0.0886. The fraction of sp³-hybridized carbons (Fsp3) is 0.158. The standard InChI is InChI=1S/C19H17N3O2S2/c1-24-14-5-2-4-13(10-14)7-8-20-18(23)16-12-26-19-21-15(11-22(16)19)17-6-3-9-25-17/h2-6,9-12H,7-8H2,1H3,(H,20,23). The van der Waals surface area contributed by atoms with Crippen LogP contribution in [0.3, 0.4) is 0 Å². The first kappa shape index (κ1) is 16.8. The number of aromatic nitrogens is 2. The van der Waals surface area contributed by atoms with Crippen molar-refractivity contribution in [3.63, 3.8) is 0 Å². The molecule has 1 amide bonds. The van der Waals surface area contributed by atoms with Crippen LogP contribution in [0.5, 0.6) is 5.75 Å². The molecular formula is C19H17N3O2S2. The molecule has 7 heteroatoms. The first-order valence-corrected chi connectivity index (χ1v) is 9.92. The van der Waals surface area contributed by atoms with Gasteiger partial charge in [-0.1, -0.05) is 18.2 Å². The highest BCUT2D eigenvalue weighted by molar-refractivity contribution is 7.15. The highest BCUT2D eigenvalue weighted by Gasteiger charge is 2.15. The molecule has 4 rings (SSSR count). The summed E-state index contributed by atoms with van der Waals surface area (Å²) in [5.74, 6) is 0.738. The smallest absolute Gasteiger partial charge is 0.269 e. The van der Waals surface area contributed by atoms with Crippen molar-refractivity contribution in [2.24, 2.45) is 0 Å². The van der Waals surface area contributed by atoms with Gasteiger partial charge in [0.05, 0.1) is 12.0 Å². The van der Waals surface area contributed by atoms with E-state index in [1.807, 2.05) is 57.8 Å². The van der Waals surface area contributed by atoms with Crippen molar-refractivity contribution in [3.8, 4) is 16.3 Å². The molecule has 26 heavy (non-hydrogen) atoms. The van der Waals surface area contributed by atoms with Crippen molar-refractivity contribution in [1.29, 1.82) is 0 Å². The lowest BCUT2D eigenvalue weighted by molar-refractivity contribution is 0.0948. The van der Waals surface area contributed by atoms with E-state index in [4.69, 9.17) is 4.74 Å². The van der Waals surface area contributed by atoms with Gasteiger partial charge in [-0.25, -0.2) is 4.98 Å². The third-order valence-corrected chi connectivity index (χ3v) is 5.78. The summed E-state index contributed by atoms with van der Waals surface area (Å²) in [6.07, 6.45) is 2.68. The maximum Gasteiger partial charge on any atom is 0.269 e. The Hall–Kier alpha value is -2.64. The Bertz CT molecular complexity index is 1030. The van der Waals surface area contributed by atoms with Gasteiger partial charge in [0.15, 0.2) is 4.96 Å². The van der Waals surface area contributed by atoms with Crippen LogP contribution in [0, 0.1) is 0 Å². The van der Waals surface area contributed by atoms with Gasteiger partial charge in [0.1, 0.15) is 17.1 Å². The molecule has 1 aromatic carbocycles. The SMILES string of the molecule is COc1cccc(CCNC(=O)c2csc3nc(-c4cccs4)cn23)c1. The summed E-state index contributed by atoms with van der Waals surface area (Å²) >= 11 is 3.12. The summed E-state index contributed by atoms with van der Waals surface area (Å²) in [5, 5.41) is 6.86. The molecule has 0 radical (unpaired) electrons. The lowest BCUT2D eigenvalue weighted by Gasteiger charge is -2.06. The number of carbonyl (C=O) groups excluding carboxylic acids is 1. The highest BCUT2D eigenvalue weighted by atomic mass is 32.1. The number of thiazole rings is 1. The molecule has 0 aliphatic carbocycles. The number of hydrogen-bond donors (Lipinski definition) is 1. The topological polar surface area (TPSA) is 55.6 Å². The van der Waals surface area contributed by atoms with Gasteiger partial charge in [-0.05, 0) is 35.6 Å². The molecule has 0 fully saturated rings. The van der Waals surface area contributed by atoms with Crippen LogP contribution in [-0.4, -0.2) is 28.9 Å². The summed E-state index contributed by atoms with van der Waals surface area (Å²) in [4.78, 5) is 19.1. The summed E-state index contributed by atoms with van der Waals surface area (Å²) in [6.45, 7) is 0.565. The minimum Gasteiger partial charge on any atom is -0.497 e. The predicted molar refractivity (Wildman–Crippen MR) is 105 cm³/mol. The number of imidazole rings is 1. The Labute approximate surface area is 158 Å². The normalized spacial score (nSPS) is 11.0. The zero-order chi connectivity index (χ0) is 17.9. The van der Waals surface area contributed by atoms with Gasteiger partial charge in [-0.2, -0.15) is 0 Å². The Balaban J connectivity index is 1.44. The van der Waals surface area contributed by atoms with Gasteiger partial charge in [0, 0.05) is 18.1 Å². The second kappa shape index (κ2) is 7.31. The van der Waals surface area contributed by atoms with Crippen molar-refractivity contribution >= 4 is 33.5 Å². The van der Waals surface area contributed by atoms with Crippen molar-refractivity contribution in [3.05, 3.63) is 64.6 Å². The van der Waals surface area contributed by atoms with Crippen LogP contribution in [0.4, 0.5) is 0 Å². The monoisotopic (exact) mass is 383 g/mol. The average molecular weight is 383 g/mol. The number of rotatable bonds is 6.